The van der Waals surface area contributed by atoms with Crippen LogP contribution in [0.25, 0.3) is 0 Å². The zero-order valence-corrected chi connectivity index (χ0v) is 18.5. The van der Waals surface area contributed by atoms with E-state index in [2.05, 4.69) is 9.98 Å². The lowest BCUT2D eigenvalue weighted by molar-refractivity contribution is 0.0492. The lowest BCUT2D eigenvalue weighted by Crippen LogP contribution is -2.22. The first-order chi connectivity index (χ1) is 16.4. The summed E-state index contributed by atoms with van der Waals surface area (Å²) in [6, 6.07) is 7.08. The van der Waals surface area contributed by atoms with Gasteiger partial charge in [0.25, 0.3) is 0 Å². The fraction of sp³-hybridized carbons (Fsp3) is 0.250. The van der Waals surface area contributed by atoms with Crippen LogP contribution in [0.5, 0.6) is 0 Å². The average molecular weight is 464 g/mol. The highest BCUT2D eigenvalue weighted by Gasteiger charge is 2.29. The molecule has 2 aromatic carbocycles. The smallest absolute Gasteiger partial charge is 0.338 e. The first-order valence-electron chi connectivity index (χ1n) is 10.2. The van der Waals surface area contributed by atoms with Crippen molar-refractivity contribution < 1.29 is 38.2 Å². The van der Waals surface area contributed by atoms with Crippen molar-refractivity contribution in [3.05, 3.63) is 58.7 Å². The largest absolute Gasteiger partial charge is 0.462 e. The second-order valence-corrected chi connectivity index (χ2v) is 6.80. The van der Waals surface area contributed by atoms with E-state index in [4.69, 9.17) is 9.47 Å². The molecule has 0 aliphatic heterocycles. The third-order valence-corrected chi connectivity index (χ3v) is 4.37. The molecule has 0 heterocycles. The summed E-state index contributed by atoms with van der Waals surface area (Å²) in [6.45, 7) is 3.71. The second-order valence-electron chi connectivity index (χ2n) is 6.80. The van der Waals surface area contributed by atoms with Crippen molar-refractivity contribution in [1.82, 2.24) is 0 Å². The molecule has 0 unspecified atom stereocenters. The van der Waals surface area contributed by atoms with Crippen LogP contribution in [0.2, 0.25) is 0 Å². The number of carbonyl (C=O) groups is 4. The molecule has 174 valence electrons. The fourth-order valence-corrected chi connectivity index (χ4v) is 2.83. The molecular formula is C24H20N2O8. The van der Waals surface area contributed by atoms with E-state index in [0.717, 1.165) is 12.1 Å². The molecule has 0 bridgehead atoms. The molecule has 0 aliphatic carbocycles. The Morgan fingerprint density at radius 1 is 0.676 bits per heavy atom. The Morgan fingerprint density at radius 2 is 1.06 bits per heavy atom. The first-order valence-corrected chi connectivity index (χ1v) is 10.2. The van der Waals surface area contributed by atoms with Crippen LogP contribution in [0.4, 0.5) is 11.4 Å². The van der Waals surface area contributed by atoms with Crippen molar-refractivity contribution in [3.63, 3.8) is 0 Å². The monoisotopic (exact) mass is 464 g/mol. The minimum absolute atomic E-state index is 0.0277. The number of hydrogen-bond acceptors (Lipinski definition) is 10. The molecule has 2 aromatic rings. The van der Waals surface area contributed by atoms with Gasteiger partial charge >= 0.3 is 11.9 Å². The Morgan fingerprint density at radius 3 is 1.38 bits per heavy atom. The summed E-state index contributed by atoms with van der Waals surface area (Å²) >= 11 is 0. The summed E-state index contributed by atoms with van der Waals surface area (Å²) in [5.74, 6) is -4.07. The topological polar surface area (TPSA) is 146 Å². The number of aliphatic imine (C=N–C) groups is 2. The van der Waals surface area contributed by atoms with E-state index in [1.807, 2.05) is 0 Å². The van der Waals surface area contributed by atoms with Gasteiger partial charge in [0.15, 0.2) is 0 Å². The fourth-order valence-electron chi connectivity index (χ4n) is 2.83. The average Bonchev–Trinajstić information content (AvgIpc) is 2.85. The predicted octanol–water partition coefficient (Wildman–Crippen LogP) is 3.82. The van der Waals surface area contributed by atoms with Gasteiger partial charge in [0.2, 0.25) is 23.7 Å². The maximum absolute atomic E-state index is 13.2. The molecule has 0 saturated heterocycles. The van der Waals surface area contributed by atoms with E-state index in [9.17, 15) is 28.8 Å². The van der Waals surface area contributed by atoms with Crippen LogP contribution in [0.3, 0.4) is 0 Å². The van der Waals surface area contributed by atoms with Crippen molar-refractivity contribution in [1.29, 1.82) is 0 Å². The molecule has 0 spiro atoms. The standard InChI is InChI=1S/C24H20N2O8/c1-3-9-33-23(31)17-7-5-15(25-13-27)11-19(17)21(29)22(30)20-12-16(26-14-28)6-8-18(20)24(32)34-10-4-2/h5-8,11-12H,3-4,9-10H2,1-2H3. The summed E-state index contributed by atoms with van der Waals surface area (Å²) in [5, 5.41) is 0. The number of ether oxygens (including phenoxy) is 2. The zero-order chi connectivity index (χ0) is 25.1. The number of nitrogens with zero attached hydrogens (tertiary/aromatic N) is 2. The number of Topliss-reactive ketones (excluding diaryl/α,β-unsaturated/α-hetero) is 2. The molecule has 0 atom stereocenters. The highest BCUT2D eigenvalue weighted by atomic mass is 16.5. The molecule has 0 amide bonds. The van der Waals surface area contributed by atoms with Crippen LogP contribution >= 0.6 is 0 Å². The second kappa shape index (κ2) is 12.5. The van der Waals surface area contributed by atoms with Gasteiger partial charge in [-0.2, -0.15) is 9.98 Å². The summed E-state index contributed by atoms with van der Waals surface area (Å²) in [6.07, 6.45) is 3.67. The van der Waals surface area contributed by atoms with Crippen LogP contribution < -0.4 is 0 Å². The van der Waals surface area contributed by atoms with Crippen molar-refractivity contribution in [2.75, 3.05) is 13.2 Å². The Kier molecular flexibility index (Phi) is 9.46. The zero-order valence-electron chi connectivity index (χ0n) is 18.5. The molecular weight excluding hydrogens is 444 g/mol. The van der Waals surface area contributed by atoms with E-state index in [1.165, 1.54) is 36.4 Å². The van der Waals surface area contributed by atoms with Gasteiger partial charge in [-0.3, -0.25) is 9.59 Å². The number of carbonyl (C=O) groups excluding carboxylic acids is 6. The lowest BCUT2D eigenvalue weighted by Gasteiger charge is -2.11. The minimum atomic E-state index is -1.18. The van der Waals surface area contributed by atoms with Gasteiger partial charge < -0.3 is 9.47 Å². The highest BCUT2D eigenvalue weighted by molar-refractivity contribution is 6.51. The Hall–Kier alpha value is -4.52. The molecule has 0 saturated carbocycles. The molecule has 10 heteroatoms. The number of benzene rings is 2. The predicted molar refractivity (Wildman–Crippen MR) is 118 cm³/mol. The summed E-state index contributed by atoms with van der Waals surface area (Å²) < 4.78 is 10.1. The summed E-state index contributed by atoms with van der Waals surface area (Å²) in [5.41, 5.74) is -1.29. The lowest BCUT2D eigenvalue weighted by atomic mass is 9.94. The van der Waals surface area contributed by atoms with Crippen molar-refractivity contribution in [2.45, 2.75) is 26.7 Å². The Labute approximate surface area is 194 Å². The van der Waals surface area contributed by atoms with Gasteiger partial charge in [0, 0.05) is 11.1 Å². The van der Waals surface area contributed by atoms with Gasteiger partial charge in [0.1, 0.15) is 0 Å². The van der Waals surface area contributed by atoms with E-state index in [1.54, 1.807) is 13.8 Å². The van der Waals surface area contributed by atoms with E-state index >= 15 is 0 Å². The van der Waals surface area contributed by atoms with E-state index in [0.29, 0.717) is 12.8 Å². The van der Waals surface area contributed by atoms with E-state index in [-0.39, 0.29) is 46.8 Å². The highest BCUT2D eigenvalue weighted by Crippen LogP contribution is 2.25. The number of hydrogen-bond donors (Lipinski definition) is 0. The molecule has 2 rings (SSSR count). The van der Waals surface area contributed by atoms with Crippen LogP contribution in [0.15, 0.2) is 46.4 Å². The van der Waals surface area contributed by atoms with Crippen molar-refractivity contribution >= 4 is 47.0 Å². The van der Waals surface area contributed by atoms with Crippen LogP contribution in [0, 0.1) is 0 Å². The minimum Gasteiger partial charge on any atom is -0.462 e. The molecule has 0 radical (unpaired) electrons. The van der Waals surface area contributed by atoms with Gasteiger partial charge in [0.05, 0.1) is 35.7 Å². The molecule has 10 nitrogen and oxygen atoms in total. The number of ketones is 2. The van der Waals surface area contributed by atoms with Gasteiger partial charge in [-0.05, 0) is 49.2 Å². The maximum Gasteiger partial charge on any atom is 0.338 e. The first kappa shape index (κ1) is 25.7. The molecule has 0 aromatic heterocycles. The normalized spacial score (nSPS) is 9.82. The molecule has 0 aliphatic rings. The third-order valence-electron chi connectivity index (χ3n) is 4.37. The Bertz CT molecular complexity index is 1130. The van der Waals surface area contributed by atoms with Crippen molar-refractivity contribution in [3.8, 4) is 0 Å². The number of rotatable bonds is 11. The quantitative estimate of drug-likeness (QED) is 0.160. The Balaban J connectivity index is 2.62. The van der Waals surface area contributed by atoms with Gasteiger partial charge in [-0.1, -0.05) is 13.8 Å². The number of esters is 2. The third kappa shape index (κ3) is 6.26. The van der Waals surface area contributed by atoms with Gasteiger partial charge in [-0.25, -0.2) is 19.2 Å². The molecule has 0 fully saturated rings. The summed E-state index contributed by atoms with van der Waals surface area (Å²) in [7, 11) is 0. The summed E-state index contributed by atoms with van der Waals surface area (Å²) in [4.78, 5) is 79.4. The maximum atomic E-state index is 13.2. The molecule has 34 heavy (non-hydrogen) atoms. The van der Waals surface area contributed by atoms with Crippen molar-refractivity contribution in [2.24, 2.45) is 9.98 Å². The SMILES string of the molecule is CCCOC(=O)c1ccc(N=C=O)cc1C(=O)C(=O)c1cc(N=C=O)ccc1C(=O)OCCC. The van der Waals surface area contributed by atoms with Crippen LogP contribution in [-0.4, -0.2) is 48.9 Å². The van der Waals surface area contributed by atoms with Gasteiger partial charge in [-0.15, -0.1) is 0 Å². The van der Waals surface area contributed by atoms with Crippen LogP contribution in [0.1, 0.15) is 68.1 Å². The van der Waals surface area contributed by atoms with E-state index < -0.39 is 23.5 Å². The molecule has 0 N–H and O–H groups in total. The number of isocyanates is 2. The van der Waals surface area contributed by atoms with Crippen LogP contribution in [-0.2, 0) is 19.1 Å².